The summed E-state index contributed by atoms with van der Waals surface area (Å²) in [5, 5.41) is 10.4. The lowest BCUT2D eigenvalue weighted by Crippen LogP contribution is -1.98. The molecule has 2 rings (SSSR count). The van der Waals surface area contributed by atoms with Crippen LogP contribution in [0.5, 0.6) is 0 Å². The molecule has 1 aromatic rings. The number of non-ortho nitro benzene ring substituents is 1. The van der Waals surface area contributed by atoms with Crippen LogP contribution in [0.25, 0.3) is 0 Å². The lowest BCUT2D eigenvalue weighted by Gasteiger charge is -2.09. The van der Waals surface area contributed by atoms with Gasteiger partial charge in [-0.3, -0.25) is 10.1 Å². The van der Waals surface area contributed by atoms with Crippen LogP contribution in [0.3, 0.4) is 0 Å². The van der Waals surface area contributed by atoms with Crippen LogP contribution in [0.2, 0.25) is 0 Å². The summed E-state index contributed by atoms with van der Waals surface area (Å²) in [6.07, 6.45) is 4.23. The lowest BCUT2D eigenvalue weighted by atomic mass is 10.1. The molecular formula is C9H6NO3. The molecule has 1 radical (unpaired) electrons. The summed E-state index contributed by atoms with van der Waals surface area (Å²) in [5.74, 6) is 0. The first-order chi connectivity index (χ1) is 6.27. The molecule has 4 heteroatoms. The monoisotopic (exact) mass is 176 g/mol. The molecule has 0 amide bonds. The molecule has 1 aromatic carbocycles. The normalized spacial score (nSPS) is 13.2. The summed E-state index contributed by atoms with van der Waals surface area (Å²) < 4.78 is 4.99. The van der Waals surface area contributed by atoms with E-state index in [1.54, 1.807) is 6.07 Å². The van der Waals surface area contributed by atoms with Crippen molar-refractivity contribution in [2.45, 2.75) is 6.61 Å². The van der Waals surface area contributed by atoms with Crippen LogP contribution in [0.4, 0.5) is 5.69 Å². The summed E-state index contributed by atoms with van der Waals surface area (Å²) in [5.41, 5.74) is 1.75. The van der Waals surface area contributed by atoms with Crippen molar-refractivity contribution in [3.8, 4) is 0 Å². The predicted octanol–water partition coefficient (Wildman–Crippen LogP) is 1.79. The molecule has 0 fully saturated rings. The molecule has 1 aliphatic rings. The number of rotatable bonds is 1. The van der Waals surface area contributed by atoms with Crippen molar-refractivity contribution >= 4 is 5.69 Å². The Hall–Kier alpha value is -1.84. The smallest absolute Gasteiger partial charge is 0.270 e. The third-order valence-electron chi connectivity index (χ3n) is 1.84. The first kappa shape index (κ1) is 7.79. The minimum atomic E-state index is -0.419. The molecule has 0 atom stereocenters. The van der Waals surface area contributed by atoms with E-state index in [1.807, 2.05) is 0 Å². The van der Waals surface area contributed by atoms with E-state index in [0.29, 0.717) is 6.61 Å². The molecule has 0 N–H and O–H groups in total. The predicted molar refractivity (Wildman–Crippen MR) is 44.8 cm³/mol. The van der Waals surface area contributed by atoms with Gasteiger partial charge < -0.3 is 4.74 Å². The van der Waals surface area contributed by atoms with Crippen LogP contribution in [-0.4, -0.2) is 4.92 Å². The van der Waals surface area contributed by atoms with Gasteiger partial charge in [0.2, 0.25) is 0 Å². The van der Waals surface area contributed by atoms with Crippen molar-refractivity contribution in [1.82, 2.24) is 0 Å². The van der Waals surface area contributed by atoms with Crippen LogP contribution in [0.15, 0.2) is 24.5 Å². The average Bonchev–Trinajstić information content (AvgIpc) is 2.17. The van der Waals surface area contributed by atoms with E-state index >= 15 is 0 Å². The Balaban J connectivity index is 2.48. The van der Waals surface area contributed by atoms with Crippen molar-refractivity contribution < 1.29 is 9.66 Å². The van der Waals surface area contributed by atoms with Crippen molar-refractivity contribution in [1.29, 1.82) is 0 Å². The number of benzene rings is 1. The second-order valence-electron chi connectivity index (χ2n) is 2.67. The van der Waals surface area contributed by atoms with Gasteiger partial charge >= 0.3 is 0 Å². The highest BCUT2D eigenvalue weighted by Gasteiger charge is 2.11. The summed E-state index contributed by atoms with van der Waals surface area (Å²) in [6.45, 7) is 0.459. The molecule has 0 unspecified atom stereocenters. The zero-order valence-electron chi connectivity index (χ0n) is 6.69. The summed E-state index contributed by atoms with van der Waals surface area (Å²) in [6, 6.07) is 4.65. The highest BCUT2D eigenvalue weighted by Crippen LogP contribution is 2.21. The van der Waals surface area contributed by atoms with Crippen molar-refractivity contribution in [2.24, 2.45) is 0 Å². The van der Waals surface area contributed by atoms with Gasteiger partial charge in [-0.2, -0.15) is 0 Å². The number of hydrogen-bond acceptors (Lipinski definition) is 3. The number of hydrogen-bond donors (Lipinski definition) is 0. The second kappa shape index (κ2) is 2.90. The van der Waals surface area contributed by atoms with E-state index in [9.17, 15) is 10.1 Å². The SMILES string of the molecule is O=[N+]([O-])c1ccc2c(c1)[C]=COC2. The molecule has 0 aliphatic carbocycles. The van der Waals surface area contributed by atoms with E-state index in [2.05, 4.69) is 6.08 Å². The highest BCUT2D eigenvalue weighted by atomic mass is 16.6. The van der Waals surface area contributed by atoms with Crippen LogP contribution in [0.1, 0.15) is 11.1 Å². The van der Waals surface area contributed by atoms with Gasteiger partial charge in [0.15, 0.2) is 0 Å². The minimum absolute atomic E-state index is 0.0848. The maximum atomic E-state index is 10.4. The molecule has 1 aliphatic heterocycles. The Kier molecular flexibility index (Phi) is 1.73. The Labute approximate surface area is 74.6 Å². The summed E-state index contributed by atoms with van der Waals surface area (Å²) >= 11 is 0. The lowest BCUT2D eigenvalue weighted by molar-refractivity contribution is -0.384. The molecule has 4 nitrogen and oxygen atoms in total. The number of ether oxygens (including phenoxy) is 1. The maximum Gasteiger partial charge on any atom is 0.270 e. The summed E-state index contributed by atoms with van der Waals surface area (Å²) in [7, 11) is 0. The molecule has 65 valence electrons. The molecule has 0 aromatic heterocycles. The topological polar surface area (TPSA) is 52.4 Å². The quantitative estimate of drug-likeness (QED) is 0.484. The van der Waals surface area contributed by atoms with Gasteiger partial charge in [-0.05, 0) is 17.2 Å². The Morgan fingerprint density at radius 1 is 1.54 bits per heavy atom. The van der Waals surface area contributed by atoms with Crippen molar-refractivity contribution in [3.05, 3.63) is 51.8 Å². The maximum absolute atomic E-state index is 10.4. The van der Waals surface area contributed by atoms with E-state index in [4.69, 9.17) is 4.74 Å². The Morgan fingerprint density at radius 3 is 3.15 bits per heavy atom. The summed E-state index contributed by atoms with van der Waals surface area (Å²) in [4.78, 5) is 10.0. The molecule has 0 saturated heterocycles. The van der Waals surface area contributed by atoms with Crippen LogP contribution in [0, 0.1) is 16.2 Å². The fourth-order valence-electron chi connectivity index (χ4n) is 1.17. The Bertz CT molecular complexity index is 384. The fourth-order valence-corrected chi connectivity index (χ4v) is 1.17. The van der Waals surface area contributed by atoms with E-state index in [1.165, 1.54) is 18.4 Å². The highest BCUT2D eigenvalue weighted by molar-refractivity contribution is 5.43. The molecule has 0 saturated carbocycles. The fraction of sp³-hybridized carbons (Fsp3) is 0.111. The van der Waals surface area contributed by atoms with Gasteiger partial charge in [-0.15, -0.1) is 0 Å². The van der Waals surface area contributed by atoms with Crippen LogP contribution < -0.4 is 0 Å². The first-order valence-corrected chi connectivity index (χ1v) is 3.74. The number of nitro benzene ring substituents is 1. The van der Waals surface area contributed by atoms with Gasteiger partial charge in [0.25, 0.3) is 5.69 Å². The van der Waals surface area contributed by atoms with Crippen molar-refractivity contribution in [2.75, 3.05) is 0 Å². The number of nitro groups is 1. The van der Waals surface area contributed by atoms with Crippen LogP contribution in [-0.2, 0) is 11.3 Å². The molecular weight excluding hydrogens is 170 g/mol. The standard InChI is InChI=1S/C9H6NO3/c11-10(12)9-2-1-8-6-13-4-3-7(8)5-9/h1-2,4-5H,6H2. The largest absolute Gasteiger partial charge is 0.496 e. The van der Waals surface area contributed by atoms with Gasteiger partial charge in [0, 0.05) is 18.2 Å². The Morgan fingerprint density at radius 2 is 2.38 bits per heavy atom. The van der Waals surface area contributed by atoms with E-state index in [-0.39, 0.29) is 5.69 Å². The molecule has 0 bridgehead atoms. The number of nitrogens with zero attached hydrogens (tertiary/aromatic N) is 1. The average molecular weight is 176 g/mol. The van der Waals surface area contributed by atoms with Gasteiger partial charge in [0.1, 0.15) is 6.61 Å². The second-order valence-corrected chi connectivity index (χ2v) is 2.67. The number of fused-ring (bicyclic) bond motifs is 1. The van der Waals surface area contributed by atoms with Crippen molar-refractivity contribution in [3.63, 3.8) is 0 Å². The third kappa shape index (κ3) is 1.38. The van der Waals surface area contributed by atoms with Gasteiger partial charge in [-0.1, -0.05) is 0 Å². The minimum Gasteiger partial charge on any atom is -0.496 e. The van der Waals surface area contributed by atoms with E-state index < -0.39 is 4.92 Å². The zero-order valence-corrected chi connectivity index (χ0v) is 6.69. The van der Waals surface area contributed by atoms with Gasteiger partial charge in [0.05, 0.1) is 11.2 Å². The zero-order chi connectivity index (χ0) is 9.26. The van der Waals surface area contributed by atoms with Crippen LogP contribution >= 0.6 is 0 Å². The molecule has 13 heavy (non-hydrogen) atoms. The van der Waals surface area contributed by atoms with Gasteiger partial charge in [-0.25, -0.2) is 0 Å². The molecule has 1 heterocycles. The first-order valence-electron chi connectivity index (χ1n) is 3.74. The van der Waals surface area contributed by atoms with E-state index in [0.717, 1.165) is 11.1 Å². The molecule has 0 spiro atoms. The third-order valence-corrected chi connectivity index (χ3v) is 1.84.